The minimum atomic E-state index is 0.222. The number of nitrogens with zero attached hydrogens (tertiary/aromatic N) is 5. The maximum absolute atomic E-state index is 9.40. The Kier molecular flexibility index (Phi) is 3.12. The van der Waals surface area contributed by atoms with Gasteiger partial charge in [-0.15, -0.1) is 15.3 Å². The zero-order valence-electron chi connectivity index (χ0n) is 11.9. The SMILES string of the molecule is Oc1ccc(-c2nnc3ccc(N4CCOCC4)nn23)cc1. The van der Waals surface area contributed by atoms with Crippen molar-refractivity contribution in [2.24, 2.45) is 0 Å². The minimum Gasteiger partial charge on any atom is -0.508 e. The Morgan fingerprint density at radius 2 is 1.73 bits per heavy atom. The number of aromatic hydroxyl groups is 1. The first-order chi connectivity index (χ1) is 10.8. The van der Waals surface area contributed by atoms with Crippen LogP contribution in [0.2, 0.25) is 0 Å². The predicted molar refractivity (Wildman–Crippen MR) is 80.9 cm³/mol. The number of phenolic OH excluding ortho intramolecular Hbond substituents is 1. The molecule has 0 saturated carbocycles. The van der Waals surface area contributed by atoms with E-state index in [0.29, 0.717) is 24.7 Å². The van der Waals surface area contributed by atoms with Crippen LogP contribution in [0.4, 0.5) is 5.82 Å². The summed E-state index contributed by atoms with van der Waals surface area (Å²) in [7, 11) is 0. The Balaban J connectivity index is 1.77. The predicted octanol–water partition coefficient (Wildman–Crippen LogP) is 1.33. The van der Waals surface area contributed by atoms with Crippen molar-refractivity contribution in [3.63, 3.8) is 0 Å². The van der Waals surface area contributed by atoms with Gasteiger partial charge in [0.05, 0.1) is 13.2 Å². The van der Waals surface area contributed by atoms with Crippen LogP contribution in [0.15, 0.2) is 36.4 Å². The number of phenols is 1. The molecule has 3 heterocycles. The molecule has 4 rings (SSSR count). The molecule has 0 amide bonds. The summed E-state index contributed by atoms with van der Waals surface area (Å²) in [4.78, 5) is 2.18. The smallest absolute Gasteiger partial charge is 0.185 e. The van der Waals surface area contributed by atoms with Crippen molar-refractivity contribution in [3.8, 4) is 17.1 Å². The second-order valence-corrected chi connectivity index (χ2v) is 5.13. The standard InChI is InChI=1S/C15H15N5O2/c21-12-3-1-11(2-4-12)15-17-16-13-5-6-14(18-20(13)15)19-7-9-22-10-8-19/h1-6,21H,7-10H2. The van der Waals surface area contributed by atoms with E-state index in [2.05, 4.69) is 20.2 Å². The number of hydrogen-bond donors (Lipinski definition) is 1. The first-order valence-electron chi connectivity index (χ1n) is 7.16. The van der Waals surface area contributed by atoms with Crippen molar-refractivity contribution >= 4 is 11.5 Å². The van der Waals surface area contributed by atoms with Crippen LogP contribution in [0.5, 0.6) is 5.75 Å². The molecule has 0 bridgehead atoms. The van der Waals surface area contributed by atoms with Crippen LogP contribution in [0, 0.1) is 0 Å². The summed E-state index contributed by atoms with van der Waals surface area (Å²) in [5.74, 6) is 1.76. The van der Waals surface area contributed by atoms with Crippen LogP contribution >= 0.6 is 0 Å². The Bertz CT molecular complexity index is 793. The molecular formula is C15H15N5O2. The number of fused-ring (bicyclic) bond motifs is 1. The molecule has 0 unspecified atom stereocenters. The molecular weight excluding hydrogens is 282 g/mol. The zero-order chi connectivity index (χ0) is 14.9. The molecule has 22 heavy (non-hydrogen) atoms. The Morgan fingerprint density at radius 1 is 0.955 bits per heavy atom. The molecule has 1 aromatic carbocycles. The maximum atomic E-state index is 9.40. The highest BCUT2D eigenvalue weighted by molar-refractivity contribution is 5.60. The van der Waals surface area contributed by atoms with E-state index < -0.39 is 0 Å². The highest BCUT2D eigenvalue weighted by Crippen LogP contribution is 2.22. The lowest BCUT2D eigenvalue weighted by molar-refractivity contribution is 0.122. The summed E-state index contributed by atoms with van der Waals surface area (Å²) < 4.78 is 7.11. The van der Waals surface area contributed by atoms with Crippen LogP contribution < -0.4 is 4.90 Å². The van der Waals surface area contributed by atoms with Gasteiger partial charge in [-0.2, -0.15) is 4.52 Å². The summed E-state index contributed by atoms with van der Waals surface area (Å²) in [6.07, 6.45) is 0. The van der Waals surface area contributed by atoms with Crippen LogP contribution in [-0.4, -0.2) is 51.2 Å². The number of rotatable bonds is 2. The van der Waals surface area contributed by atoms with Gasteiger partial charge in [-0.1, -0.05) is 0 Å². The van der Waals surface area contributed by atoms with Crippen molar-refractivity contribution in [3.05, 3.63) is 36.4 Å². The van der Waals surface area contributed by atoms with E-state index in [9.17, 15) is 5.11 Å². The molecule has 3 aromatic rings. The summed E-state index contributed by atoms with van der Waals surface area (Å²) in [5, 5.41) is 22.4. The highest BCUT2D eigenvalue weighted by atomic mass is 16.5. The third-order valence-electron chi connectivity index (χ3n) is 3.71. The van der Waals surface area contributed by atoms with Gasteiger partial charge in [-0.05, 0) is 36.4 Å². The van der Waals surface area contributed by atoms with Crippen molar-refractivity contribution in [1.82, 2.24) is 19.8 Å². The summed E-state index contributed by atoms with van der Waals surface area (Å²) in [6.45, 7) is 3.09. The second kappa shape index (κ2) is 5.27. The van der Waals surface area contributed by atoms with Crippen LogP contribution in [0.1, 0.15) is 0 Å². The van der Waals surface area contributed by atoms with E-state index in [4.69, 9.17) is 4.74 Å². The van der Waals surface area contributed by atoms with Crippen LogP contribution in [0.3, 0.4) is 0 Å². The van der Waals surface area contributed by atoms with Gasteiger partial charge < -0.3 is 14.7 Å². The summed E-state index contributed by atoms with van der Waals surface area (Å²) >= 11 is 0. The minimum absolute atomic E-state index is 0.222. The molecule has 0 spiro atoms. The van der Waals surface area contributed by atoms with Crippen molar-refractivity contribution < 1.29 is 9.84 Å². The van der Waals surface area contributed by atoms with E-state index in [0.717, 1.165) is 24.5 Å². The van der Waals surface area contributed by atoms with Crippen molar-refractivity contribution in [1.29, 1.82) is 0 Å². The van der Waals surface area contributed by atoms with Crippen molar-refractivity contribution in [2.45, 2.75) is 0 Å². The Hall–Kier alpha value is -2.67. The number of morpholine rings is 1. The van der Waals surface area contributed by atoms with Crippen LogP contribution in [0.25, 0.3) is 17.0 Å². The quantitative estimate of drug-likeness (QED) is 0.769. The third kappa shape index (κ3) is 2.25. The lowest BCUT2D eigenvalue weighted by atomic mass is 10.2. The number of anilines is 1. The van der Waals surface area contributed by atoms with E-state index in [1.807, 2.05) is 12.1 Å². The lowest BCUT2D eigenvalue weighted by Crippen LogP contribution is -2.37. The largest absolute Gasteiger partial charge is 0.508 e. The van der Waals surface area contributed by atoms with Gasteiger partial charge in [0, 0.05) is 18.7 Å². The van der Waals surface area contributed by atoms with Gasteiger partial charge in [-0.3, -0.25) is 0 Å². The first kappa shape index (κ1) is 13.0. The maximum Gasteiger partial charge on any atom is 0.185 e. The number of hydrogen-bond acceptors (Lipinski definition) is 6. The van der Waals surface area contributed by atoms with Gasteiger partial charge in [0.1, 0.15) is 11.6 Å². The van der Waals surface area contributed by atoms with Gasteiger partial charge in [0.2, 0.25) is 0 Å². The summed E-state index contributed by atoms with van der Waals surface area (Å²) in [5.41, 5.74) is 1.55. The molecule has 7 nitrogen and oxygen atoms in total. The van der Waals surface area contributed by atoms with Crippen LogP contribution in [-0.2, 0) is 4.74 Å². The van der Waals surface area contributed by atoms with Gasteiger partial charge in [0.25, 0.3) is 0 Å². The lowest BCUT2D eigenvalue weighted by Gasteiger charge is -2.27. The fourth-order valence-corrected chi connectivity index (χ4v) is 2.53. The third-order valence-corrected chi connectivity index (χ3v) is 3.71. The molecule has 1 fully saturated rings. The molecule has 0 aliphatic carbocycles. The van der Waals surface area contributed by atoms with E-state index in [1.165, 1.54) is 0 Å². The average molecular weight is 297 g/mol. The Morgan fingerprint density at radius 3 is 2.50 bits per heavy atom. The van der Waals surface area contributed by atoms with Gasteiger partial charge >= 0.3 is 0 Å². The van der Waals surface area contributed by atoms with Gasteiger partial charge in [-0.25, -0.2) is 0 Å². The highest BCUT2D eigenvalue weighted by Gasteiger charge is 2.15. The fraction of sp³-hybridized carbons (Fsp3) is 0.267. The fourth-order valence-electron chi connectivity index (χ4n) is 2.53. The molecule has 112 valence electrons. The number of benzene rings is 1. The molecule has 2 aromatic heterocycles. The molecule has 0 radical (unpaired) electrons. The average Bonchev–Trinajstić information content (AvgIpc) is 2.99. The van der Waals surface area contributed by atoms with Gasteiger partial charge in [0.15, 0.2) is 11.5 Å². The molecule has 1 saturated heterocycles. The Labute approximate surface area is 126 Å². The number of ether oxygens (including phenoxy) is 1. The first-order valence-corrected chi connectivity index (χ1v) is 7.16. The molecule has 1 N–H and O–H groups in total. The van der Waals surface area contributed by atoms with Crippen molar-refractivity contribution in [2.75, 3.05) is 31.2 Å². The normalized spacial score (nSPS) is 15.4. The molecule has 0 atom stereocenters. The monoisotopic (exact) mass is 297 g/mol. The molecule has 1 aliphatic rings. The van der Waals surface area contributed by atoms with E-state index in [1.54, 1.807) is 28.8 Å². The number of aromatic nitrogens is 4. The zero-order valence-corrected chi connectivity index (χ0v) is 11.9. The van der Waals surface area contributed by atoms with E-state index >= 15 is 0 Å². The topological polar surface area (TPSA) is 75.8 Å². The van der Waals surface area contributed by atoms with E-state index in [-0.39, 0.29) is 5.75 Å². The second-order valence-electron chi connectivity index (χ2n) is 5.13. The molecule has 1 aliphatic heterocycles. The molecule has 7 heteroatoms. The summed E-state index contributed by atoms with van der Waals surface area (Å²) in [6, 6.07) is 10.7.